The number of nitrogens with zero attached hydrogens (tertiary/aromatic N) is 3. The van der Waals surface area contributed by atoms with Gasteiger partial charge < -0.3 is 10.6 Å². The molecular formula is C23H40IN5. The molecule has 0 bridgehead atoms. The number of hydrogen-bond donors (Lipinski definition) is 2. The van der Waals surface area contributed by atoms with Crippen molar-refractivity contribution in [2.75, 3.05) is 39.8 Å². The Morgan fingerprint density at radius 3 is 2.31 bits per heavy atom. The van der Waals surface area contributed by atoms with Gasteiger partial charge in [0.15, 0.2) is 5.96 Å². The molecule has 0 radical (unpaired) electrons. The summed E-state index contributed by atoms with van der Waals surface area (Å²) in [5, 5.41) is 7.28. The van der Waals surface area contributed by atoms with Crippen LogP contribution in [0.15, 0.2) is 35.3 Å². The minimum atomic E-state index is 0. The quantitative estimate of drug-likeness (QED) is 0.333. The van der Waals surface area contributed by atoms with Crippen LogP contribution in [-0.2, 0) is 6.54 Å². The largest absolute Gasteiger partial charge is 0.355 e. The van der Waals surface area contributed by atoms with Crippen molar-refractivity contribution in [3.8, 4) is 0 Å². The van der Waals surface area contributed by atoms with E-state index in [2.05, 4.69) is 69.6 Å². The van der Waals surface area contributed by atoms with E-state index < -0.39 is 0 Å². The number of benzene rings is 1. The van der Waals surface area contributed by atoms with Crippen LogP contribution < -0.4 is 10.6 Å². The van der Waals surface area contributed by atoms with Gasteiger partial charge in [-0.15, -0.1) is 24.0 Å². The molecule has 1 aromatic rings. The van der Waals surface area contributed by atoms with Gasteiger partial charge >= 0.3 is 0 Å². The first-order valence-electron chi connectivity index (χ1n) is 11.1. The minimum Gasteiger partial charge on any atom is -0.355 e. The Morgan fingerprint density at radius 1 is 1.07 bits per heavy atom. The van der Waals surface area contributed by atoms with Crippen molar-refractivity contribution >= 4 is 29.9 Å². The second kappa shape index (κ2) is 12.7. The molecule has 2 saturated heterocycles. The van der Waals surface area contributed by atoms with Crippen molar-refractivity contribution in [3.05, 3.63) is 35.9 Å². The molecule has 29 heavy (non-hydrogen) atoms. The maximum Gasteiger partial charge on any atom is 0.191 e. The summed E-state index contributed by atoms with van der Waals surface area (Å²) in [7, 11) is 1.89. The van der Waals surface area contributed by atoms with Gasteiger partial charge in [0.1, 0.15) is 0 Å². The lowest BCUT2D eigenvalue weighted by Crippen LogP contribution is -2.52. The van der Waals surface area contributed by atoms with E-state index in [-0.39, 0.29) is 24.0 Å². The lowest BCUT2D eigenvalue weighted by atomic mass is 10.0. The maximum absolute atomic E-state index is 4.49. The van der Waals surface area contributed by atoms with E-state index >= 15 is 0 Å². The van der Waals surface area contributed by atoms with Crippen LogP contribution in [0.25, 0.3) is 0 Å². The zero-order valence-electron chi connectivity index (χ0n) is 18.4. The molecule has 0 saturated carbocycles. The fourth-order valence-corrected chi connectivity index (χ4v) is 4.53. The Morgan fingerprint density at radius 2 is 1.72 bits per heavy atom. The molecule has 3 rings (SSSR count). The topological polar surface area (TPSA) is 42.9 Å². The predicted octanol–water partition coefficient (Wildman–Crippen LogP) is 3.55. The molecule has 1 unspecified atom stereocenters. The normalized spacial score (nSPS) is 20.5. The number of guanidine groups is 1. The highest BCUT2D eigenvalue weighted by Gasteiger charge is 2.25. The van der Waals surface area contributed by atoms with E-state index in [1.54, 1.807) is 0 Å². The Balaban J connectivity index is 0.00000300. The van der Waals surface area contributed by atoms with E-state index in [9.17, 15) is 0 Å². The van der Waals surface area contributed by atoms with Crippen LogP contribution in [0.2, 0.25) is 0 Å². The molecule has 0 amide bonds. The van der Waals surface area contributed by atoms with Crippen molar-refractivity contribution in [3.63, 3.8) is 0 Å². The first-order chi connectivity index (χ1) is 13.7. The van der Waals surface area contributed by atoms with Gasteiger partial charge in [-0.25, -0.2) is 0 Å². The van der Waals surface area contributed by atoms with Crippen LogP contribution in [0.1, 0.15) is 45.1 Å². The molecule has 164 valence electrons. The molecule has 0 spiro atoms. The first-order valence-corrected chi connectivity index (χ1v) is 11.1. The second-order valence-electron chi connectivity index (χ2n) is 8.69. The second-order valence-corrected chi connectivity index (χ2v) is 8.69. The molecule has 2 N–H and O–H groups in total. The average Bonchev–Trinajstić information content (AvgIpc) is 3.23. The Labute approximate surface area is 194 Å². The van der Waals surface area contributed by atoms with Gasteiger partial charge in [0.25, 0.3) is 0 Å². The lowest BCUT2D eigenvalue weighted by molar-refractivity contribution is 0.189. The number of aliphatic imine (C=N–C) groups is 1. The fourth-order valence-electron chi connectivity index (χ4n) is 4.53. The molecule has 2 heterocycles. The van der Waals surface area contributed by atoms with Gasteiger partial charge in [-0.05, 0) is 50.3 Å². The van der Waals surface area contributed by atoms with Crippen LogP contribution in [0.4, 0.5) is 0 Å². The highest BCUT2D eigenvalue weighted by atomic mass is 127. The Hall–Kier alpha value is -0.860. The fraction of sp³-hybridized carbons (Fsp3) is 0.696. The predicted molar refractivity (Wildman–Crippen MR) is 134 cm³/mol. The zero-order valence-corrected chi connectivity index (χ0v) is 20.8. The van der Waals surface area contributed by atoms with E-state index in [1.165, 1.54) is 44.3 Å². The van der Waals surface area contributed by atoms with Crippen molar-refractivity contribution < 1.29 is 0 Å². The van der Waals surface area contributed by atoms with Gasteiger partial charge in [0, 0.05) is 45.3 Å². The van der Waals surface area contributed by atoms with Gasteiger partial charge in [-0.2, -0.15) is 0 Å². The summed E-state index contributed by atoms with van der Waals surface area (Å²) in [5.41, 5.74) is 1.41. The molecule has 2 fully saturated rings. The summed E-state index contributed by atoms with van der Waals surface area (Å²) >= 11 is 0. The van der Waals surface area contributed by atoms with Crippen LogP contribution in [0, 0.1) is 5.92 Å². The van der Waals surface area contributed by atoms with Crippen LogP contribution in [0.5, 0.6) is 0 Å². The number of likely N-dealkylation sites (tertiary alicyclic amines) is 2. The lowest BCUT2D eigenvalue weighted by Gasteiger charge is -2.34. The van der Waals surface area contributed by atoms with E-state index in [4.69, 9.17) is 0 Å². The van der Waals surface area contributed by atoms with Crippen molar-refractivity contribution in [2.24, 2.45) is 10.9 Å². The summed E-state index contributed by atoms with van der Waals surface area (Å²) in [6, 6.07) is 11.9. The molecule has 2 aliphatic heterocycles. The average molecular weight is 514 g/mol. The zero-order chi connectivity index (χ0) is 19.8. The van der Waals surface area contributed by atoms with Crippen molar-refractivity contribution in [1.82, 2.24) is 20.4 Å². The Bertz CT molecular complexity index is 593. The van der Waals surface area contributed by atoms with Crippen molar-refractivity contribution in [2.45, 2.75) is 58.2 Å². The molecule has 0 aromatic heterocycles. The maximum atomic E-state index is 4.49. The SMILES string of the molecule is CN=C(NCC(C(C)C)N1CCCC1)NC1CCN(Cc2ccccc2)CC1.I. The van der Waals surface area contributed by atoms with E-state index in [0.29, 0.717) is 18.0 Å². The number of piperidine rings is 1. The number of nitrogens with one attached hydrogen (secondary N) is 2. The van der Waals surface area contributed by atoms with E-state index in [0.717, 1.165) is 32.1 Å². The number of hydrogen-bond acceptors (Lipinski definition) is 3. The summed E-state index contributed by atoms with van der Waals surface area (Å²) in [6.45, 7) is 11.5. The standard InChI is InChI=1S/C23H39N5.HI/c1-19(2)22(28-13-7-8-14-28)17-25-23(24-3)26-21-11-15-27(16-12-21)18-20-9-5-4-6-10-20;/h4-6,9-10,19,21-22H,7-8,11-18H2,1-3H3,(H2,24,25,26);1H. The van der Waals surface area contributed by atoms with Gasteiger partial charge in [-0.1, -0.05) is 44.2 Å². The van der Waals surface area contributed by atoms with Crippen molar-refractivity contribution in [1.29, 1.82) is 0 Å². The Kier molecular flexibility index (Phi) is 10.7. The minimum absolute atomic E-state index is 0. The molecular weight excluding hydrogens is 473 g/mol. The van der Waals surface area contributed by atoms with Crippen LogP contribution in [0.3, 0.4) is 0 Å². The van der Waals surface area contributed by atoms with Crippen LogP contribution in [-0.4, -0.2) is 67.6 Å². The summed E-state index contributed by atoms with van der Waals surface area (Å²) in [4.78, 5) is 9.70. The molecule has 1 aromatic carbocycles. The van der Waals surface area contributed by atoms with Gasteiger partial charge in [-0.3, -0.25) is 14.8 Å². The molecule has 5 nitrogen and oxygen atoms in total. The smallest absolute Gasteiger partial charge is 0.191 e. The summed E-state index contributed by atoms with van der Waals surface area (Å²) in [6.07, 6.45) is 5.04. The summed E-state index contributed by atoms with van der Waals surface area (Å²) in [5.74, 6) is 1.62. The highest BCUT2D eigenvalue weighted by Crippen LogP contribution is 2.17. The molecule has 1 atom stereocenters. The summed E-state index contributed by atoms with van der Waals surface area (Å²) < 4.78 is 0. The van der Waals surface area contributed by atoms with E-state index in [1.807, 2.05) is 7.05 Å². The molecule has 0 aliphatic carbocycles. The highest BCUT2D eigenvalue weighted by molar-refractivity contribution is 14.0. The number of halogens is 1. The van der Waals surface area contributed by atoms with Crippen LogP contribution >= 0.6 is 24.0 Å². The monoisotopic (exact) mass is 513 g/mol. The molecule has 6 heteroatoms. The van der Waals surface area contributed by atoms with Gasteiger partial charge in [0.05, 0.1) is 0 Å². The third-order valence-corrected chi connectivity index (χ3v) is 6.26. The first kappa shape index (κ1) is 24.4. The number of rotatable bonds is 7. The van der Waals surface area contributed by atoms with Gasteiger partial charge in [0.2, 0.25) is 0 Å². The third-order valence-electron chi connectivity index (χ3n) is 6.26. The molecule has 2 aliphatic rings. The third kappa shape index (κ3) is 7.72.